The second-order valence-electron chi connectivity index (χ2n) is 3.67. The smallest absolute Gasteiger partial charge is 1.00 e. The first-order chi connectivity index (χ1) is 9.00. The van der Waals surface area contributed by atoms with Crippen LogP contribution in [0.15, 0.2) is 0 Å². The van der Waals surface area contributed by atoms with Crippen LogP contribution in [0.5, 0.6) is 0 Å². The van der Waals surface area contributed by atoms with E-state index < -0.39 is 0 Å². The van der Waals surface area contributed by atoms with Crippen molar-refractivity contribution in [2.24, 2.45) is 0 Å². The predicted molar refractivity (Wildman–Crippen MR) is 64.9 cm³/mol. The third-order valence-electron chi connectivity index (χ3n) is 2.23. The molecule has 8 heteroatoms. The summed E-state index contributed by atoms with van der Waals surface area (Å²) >= 11 is 0. The zero-order chi connectivity index (χ0) is 12.7. The van der Waals surface area contributed by atoms with Crippen LogP contribution in [0.3, 0.4) is 0 Å². The summed E-state index contributed by atoms with van der Waals surface area (Å²) in [5, 5.41) is 0. The van der Waals surface area contributed by atoms with Crippen LogP contribution < -0.4 is 75.4 Å². The van der Waals surface area contributed by atoms with Crippen LogP contribution >= 0.6 is 0 Å². The molecule has 0 unspecified atom stereocenters. The van der Waals surface area contributed by atoms with Gasteiger partial charge in [-0.15, -0.1) is 0 Å². The first kappa shape index (κ1) is 24.4. The van der Waals surface area contributed by atoms with Crippen molar-refractivity contribution < 1.29 is 104 Å². The van der Waals surface area contributed by atoms with Gasteiger partial charge in [-0.2, -0.15) is 0 Å². The van der Waals surface area contributed by atoms with Crippen molar-refractivity contribution in [3.63, 3.8) is 0 Å². The largest absolute Gasteiger partial charge is 1.00 e. The van der Waals surface area contributed by atoms with Crippen LogP contribution in [-0.4, -0.2) is 79.3 Å². The van der Waals surface area contributed by atoms with Gasteiger partial charge in [0.15, 0.2) is 0 Å². The molecule has 116 valence electrons. The van der Waals surface area contributed by atoms with E-state index in [0.29, 0.717) is 79.3 Å². The van der Waals surface area contributed by atoms with Gasteiger partial charge < -0.3 is 52.4 Å². The first-order valence-corrected chi connectivity index (χ1v) is 6.46. The maximum Gasteiger partial charge on any atom is 1.00 e. The zero-order valence-corrected chi connectivity index (χ0v) is 17.6. The molecule has 0 bridgehead atoms. The van der Waals surface area contributed by atoms with Crippen LogP contribution in [0.4, 0.5) is 0 Å². The Morgan fingerprint density at radius 2 is 0.400 bits per heavy atom. The van der Waals surface area contributed by atoms with Crippen molar-refractivity contribution in [3.8, 4) is 0 Å². The molecule has 0 atom stereocenters. The van der Waals surface area contributed by atoms with Gasteiger partial charge in [-0.1, -0.05) is 0 Å². The van der Waals surface area contributed by atoms with Gasteiger partial charge in [-0.25, -0.2) is 0 Å². The van der Waals surface area contributed by atoms with E-state index in [1.54, 1.807) is 0 Å². The van der Waals surface area contributed by atoms with Crippen LogP contribution in [0.1, 0.15) is 0 Å². The van der Waals surface area contributed by atoms with Gasteiger partial charge in [0.2, 0.25) is 0 Å². The number of halogens is 1. The van der Waals surface area contributed by atoms with Gasteiger partial charge in [0.05, 0.1) is 79.3 Å². The number of rotatable bonds is 0. The van der Waals surface area contributed by atoms with Gasteiger partial charge in [-0.3, -0.25) is 0 Å². The normalized spacial score (nSPS) is 21.6. The third-order valence-corrected chi connectivity index (χ3v) is 2.23. The first-order valence-electron chi connectivity index (χ1n) is 6.46. The molecule has 0 aliphatic carbocycles. The molecular formula is C12H24IKO6. The summed E-state index contributed by atoms with van der Waals surface area (Å²) < 4.78 is 32.0. The van der Waals surface area contributed by atoms with E-state index in [2.05, 4.69) is 0 Å². The molecule has 0 radical (unpaired) electrons. The number of hydrogen-bond acceptors (Lipinski definition) is 6. The summed E-state index contributed by atoms with van der Waals surface area (Å²) in [5.74, 6) is 0. The second-order valence-corrected chi connectivity index (χ2v) is 3.67. The van der Waals surface area contributed by atoms with E-state index in [4.69, 9.17) is 28.4 Å². The van der Waals surface area contributed by atoms with E-state index in [0.717, 1.165) is 0 Å². The van der Waals surface area contributed by atoms with E-state index in [-0.39, 0.29) is 75.4 Å². The Hall–Kier alpha value is 2.13. The second kappa shape index (κ2) is 21.1. The Morgan fingerprint density at radius 1 is 0.300 bits per heavy atom. The van der Waals surface area contributed by atoms with E-state index >= 15 is 0 Å². The fraction of sp³-hybridized carbons (Fsp3) is 1.00. The Kier molecular flexibility index (Phi) is 25.8. The van der Waals surface area contributed by atoms with Crippen LogP contribution in [0.2, 0.25) is 0 Å². The number of hydrogen-bond donors (Lipinski definition) is 0. The molecular weight excluding hydrogens is 406 g/mol. The Balaban J connectivity index is 0. The molecule has 1 aliphatic heterocycles. The molecule has 1 fully saturated rings. The average molecular weight is 430 g/mol. The molecule has 1 rings (SSSR count). The molecule has 0 saturated carbocycles. The van der Waals surface area contributed by atoms with Crippen LogP contribution in [0, 0.1) is 0 Å². The van der Waals surface area contributed by atoms with Gasteiger partial charge in [-0.05, 0) is 0 Å². The molecule has 1 aliphatic rings. The third kappa shape index (κ3) is 18.2. The quantitative estimate of drug-likeness (QED) is 0.282. The van der Waals surface area contributed by atoms with Crippen molar-refractivity contribution in [1.82, 2.24) is 0 Å². The van der Waals surface area contributed by atoms with Gasteiger partial charge in [0.25, 0.3) is 0 Å². The average Bonchev–Trinajstić information content (AvgIpc) is 2.39. The molecule has 20 heavy (non-hydrogen) atoms. The molecule has 1 saturated heterocycles. The van der Waals surface area contributed by atoms with Crippen LogP contribution in [0.25, 0.3) is 0 Å². The molecule has 0 aromatic rings. The fourth-order valence-corrected chi connectivity index (χ4v) is 1.32. The molecule has 6 nitrogen and oxygen atoms in total. The monoisotopic (exact) mass is 430 g/mol. The molecule has 0 aromatic heterocycles. The van der Waals surface area contributed by atoms with Gasteiger partial charge in [0, 0.05) is 0 Å². The fourth-order valence-electron chi connectivity index (χ4n) is 1.32. The molecule has 0 spiro atoms. The van der Waals surface area contributed by atoms with Crippen molar-refractivity contribution in [2.75, 3.05) is 79.3 Å². The topological polar surface area (TPSA) is 55.4 Å². The summed E-state index contributed by atoms with van der Waals surface area (Å²) in [6.45, 7) is 7.04. The van der Waals surface area contributed by atoms with Crippen molar-refractivity contribution in [3.05, 3.63) is 0 Å². The maximum absolute atomic E-state index is 5.33. The zero-order valence-electron chi connectivity index (χ0n) is 12.3. The minimum absolute atomic E-state index is 0. The summed E-state index contributed by atoms with van der Waals surface area (Å²) in [7, 11) is 0. The van der Waals surface area contributed by atoms with Crippen molar-refractivity contribution >= 4 is 0 Å². The van der Waals surface area contributed by atoms with Gasteiger partial charge >= 0.3 is 51.4 Å². The summed E-state index contributed by atoms with van der Waals surface area (Å²) in [6, 6.07) is 0. The van der Waals surface area contributed by atoms with Gasteiger partial charge in [0.1, 0.15) is 0 Å². The molecule has 0 amide bonds. The summed E-state index contributed by atoms with van der Waals surface area (Å²) in [5.41, 5.74) is 0. The van der Waals surface area contributed by atoms with Crippen molar-refractivity contribution in [2.45, 2.75) is 0 Å². The molecule has 0 N–H and O–H groups in total. The Labute approximate surface area is 180 Å². The SMILES string of the molecule is C1COCCOCCOCCOCCOCCO1.[I-].[K+]. The Bertz CT molecular complexity index is 103. The Morgan fingerprint density at radius 3 is 0.500 bits per heavy atom. The summed E-state index contributed by atoms with van der Waals surface area (Å²) in [4.78, 5) is 0. The van der Waals surface area contributed by atoms with Crippen molar-refractivity contribution in [1.29, 1.82) is 0 Å². The number of ether oxygens (including phenoxy) is 6. The predicted octanol–water partition coefficient (Wildman–Crippen LogP) is -5.89. The molecule has 1 heterocycles. The minimum atomic E-state index is 0. The van der Waals surface area contributed by atoms with Crippen LogP contribution in [-0.2, 0) is 28.4 Å². The summed E-state index contributed by atoms with van der Waals surface area (Å²) in [6.07, 6.45) is 0. The van der Waals surface area contributed by atoms with E-state index in [9.17, 15) is 0 Å². The maximum atomic E-state index is 5.33. The minimum Gasteiger partial charge on any atom is -1.00 e. The van der Waals surface area contributed by atoms with E-state index in [1.165, 1.54) is 0 Å². The standard InChI is InChI=1S/C12H24O6.HI.K/c1-2-14-5-6-16-9-10-18-12-11-17-8-7-15-4-3-13-1;;/h1-12H2;1H;/q;;+1/p-1. The molecule has 0 aromatic carbocycles. The van der Waals surface area contributed by atoms with E-state index in [1.807, 2.05) is 0 Å².